The second kappa shape index (κ2) is 9.92. The summed E-state index contributed by atoms with van der Waals surface area (Å²) in [6.07, 6.45) is 2.80. The molecule has 2 atom stereocenters. The van der Waals surface area contributed by atoms with Gasteiger partial charge in [0.15, 0.2) is 5.11 Å². The minimum atomic E-state index is -3.44. The number of aromatic carboxylic acids is 1. The van der Waals surface area contributed by atoms with Crippen molar-refractivity contribution in [1.29, 1.82) is 0 Å². The van der Waals surface area contributed by atoms with Gasteiger partial charge in [-0.3, -0.25) is 9.71 Å². The molecule has 0 amide bonds. The third kappa shape index (κ3) is 4.98. The number of pyridine rings is 1. The molecule has 3 heterocycles. The fourth-order valence-electron chi connectivity index (χ4n) is 4.57. The molecule has 0 aliphatic carbocycles. The van der Waals surface area contributed by atoms with Crippen molar-refractivity contribution in [2.45, 2.75) is 19.0 Å². The Morgan fingerprint density at radius 3 is 2.55 bits per heavy atom. The van der Waals surface area contributed by atoms with Crippen LogP contribution in [0, 0.1) is 6.92 Å². The maximum Gasteiger partial charge on any atom is 0.336 e. The first-order valence-corrected chi connectivity index (χ1v) is 13.9. The standard InChI is InChI=1S/C27H24N4O5S2/c1-16-15-17(10-11-20(16)30-38(2,34)35)31-25(24(29-27(31)37)21-9-5-6-14-28-21)23-13-12-22(36-23)18-7-3-4-8-19(18)26(32)33/h3-15,24-25,30H,1-2H3,(H,29,37)(H,32,33)/t24-,25-/m1/s1. The van der Waals surface area contributed by atoms with Crippen LogP contribution in [0.4, 0.5) is 11.4 Å². The highest BCUT2D eigenvalue weighted by atomic mass is 32.2. The highest BCUT2D eigenvalue weighted by Crippen LogP contribution is 2.43. The number of sulfonamides is 1. The van der Waals surface area contributed by atoms with E-state index in [0.717, 1.165) is 17.6 Å². The minimum absolute atomic E-state index is 0.135. The molecule has 5 rings (SSSR count). The molecule has 0 spiro atoms. The molecule has 38 heavy (non-hydrogen) atoms. The Kier molecular flexibility index (Phi) is 6.64. The number of nitrogens with one attached hydrogen (secondary N) is 2. The van der Waals surface area contributed by atoms with Gasteiger partial charge in [-0.25, -0.2) is 13.2 Å². The van der Waals surface area contributed by atoms with E-state index in [0.29, 0.717) is 33.4 Å². The van der Waals surface area contributed by atoms with Crippen LogP contribution in [0.5, 0.6) is 0 Å². The van der Waals surface area contributed by atoms with Gasteiger partial charge in [-0.2, -0.15) is 0 Å². The van der Waals surface area contributed by atoms with Gasteiger partial charge in [0, 0.05) is 17.4 Å². The normalized spacial score (nSPS) is 17.3. The molecule has 0 unspecified atom stereocenters. The van der Waals surface area contributed by atoms with Crippen LogP contribution in [0.3, 0.4) is 0 Å². The molecular formula is C27H24N4O5S2. The number of hydrogen-bond acceptors (Lipinski definition) is 6. The van der Waals surface area contributed by atoms with E-state index in [1.54, 1.807) is 42.6 Å². The van der Waals surface area contributed by atoms with E-state index >= 15 is 0 Å². The maximum absolute atomic E-state index is 11.8. The molecule has 194 valence electrons. The second-order valence-corrected chi connectivity index (χ2v) is 11.1. The number of thiocarbonyl (C=S) groups is 1. The van der Waals surface area contributed by atoms with Gasteiger partial charge in [-0.15, -0.1) is 0 Å². The smallest absolute Gasteiger partial charge is 0.336 e. The molecule has 1 aliphatic heterocycles. The molecule has 9 nitrogen and oxygen atoms in total. The number of furan rings is 1. The predicted molar refractivity (Wildman–Crippen MR) is 149 cm³/mol. The first-order chi connectivity index (χ1) is 18.1. The summed E-state index contributed by atoms with van der Waals surface area (Å²) in [5.74, 6) is -0.0767. The summed E-state index contributed by atoms with van der Waals surface area (Å²) < 4.78 is 32.3. The second-order valence-electron chi connectivity index (χ2n) is 8.92. The van der Waals surface area contributed by atoms with E-state index < -0.39 is 22.0 Å². The van der Waals surface area contributed by atoms with Crippen LogP contribution in [-0.4, -0.2) is 35.8 Å². The lowest BCUT2D eigenvalue weighted by atomic mass is 10.0. The zero-order valence-electron chi connectivity index (χ0n) is 20.5. The Bertz CT molecular complexity index is 1640. The third-order valence-corrected chi connectivity index (χ3v) is 7.13. The van der Waals surface area contributed by atoms with E-state index in [1.807, 2.05) is 42.2 Å². The zero-order chi connectivity index (χ0) is 27.0. The van der Waals surface area contributed by atoms with E-state index in [1.165, 1.54) is 6.07 Å². The van der Waals surface area contributed by atoms with Crippen molar-refractivity contribution >= 4 is 44.7 Å². The van der Waals surface area contributed by atoms with Crippen molar-refractivity contribution in [3.05, 3.63) is 102 Å². The molecule has 4 aromatic rings. The molecule has 2 aromatic carbocycles. The van der Waals surface area contributed by atoms with Crippen LogP contribution >= 0.6 is 12.2 Å². The van der Waals surface area contributed by atoms with E-state index in [4.69, 9.17) is 16.6 Å². The summed E-state index contributed by atoms with van der Waals surface area (Å²) in [5, 5.41) is 13.4. The Hall–Kier alpha value is -4.22. The first kappa shape index (κ1) is 25.4. The number of nitrogens with zero attached hydrogens (tertiary/aromatic N) is 2. The molecule has 0 radical (unpaired) electrons. The number of carbonyl (C=O) groups is 1. The van der Waals surface area contributed by atoms with Gasteiger partial charge >= 0.3 is 5.97 Å². The van der Waals surface area contributed by atoms with Crippen molar-refractivity contribution in [3.63, 3.8) is 0 Å². The SMILES string of the molecule is Cc1cc(N2C(=S)N[C@H](c3ccccn3)[C@H]2c2ccc(-c3ccccc3C(=O)O)o2)ccc1NS(C)(=O)=O. The van der Waals surface area contributed by atoms with E-state index in [2.05, 4.69) is 15.0 Å². The van der Waals surface area contributed by atoms with E-state index in [-0.39, 0.29) is 11.6 Å². The van der Waals surface area contributed by atoms with Crippen LogP contribution in [0.25, 0.3) is 11.3 Å². The molecule has 1 aliphatic rings. The fourth-order valence-corrected chi connectivity index (χ4v) is 5.55. The highest BCUT2D eigenvalue weighted by molar-refractivity contribution is 7.92. The Morgan fingerprint density at radius 1 is 1.11 bits per heavy atom. The largest absolute Gasteiger partial charge is 0.478 e. The summed E-state index contributed by atoms with van der Waals surface area (Å²) in [6.45, 7) is 1.81. The number of rotatable bonds is 7. The summed E-state index contributed by atoms with van der Waals surface area (Å²) in [6, 6.07) is 20.3. The van der Waals surface area contributed by atoms with Crippen LogP contribution in [0.2, 0.25) is 0 Å². The van der Waals surface area contributed by atoms with Crippen molar-refractivity contribution in [1.82, 2.24) is 10.3 Å². The average molecular weight is 549 g/mol. The van der Waals surface area contributed by atoms with Gasteiger partial charge in [0.25, 0.3) is 0 Å². The molecule has 1 fully saturated rings. The first-order valence-electron chi connectivity index (χ1n) is 11.6. The number of aryl methyl sites for hydroxylation is 1. The Morgan fingerprint density at radius 2 is 1.87 bits per heavy atom. The van der Waals surface area contributed by atoms with Crippen LogP contribution in [-0.2, 0) is 10.0 Å². The number of hydrogen-bond donors (Lipinski definition) is 3. The van der Waals surface area contributed by atoms with Crippen molar-refractivity contribution < 1.29 is 22.7 Å². The van der Waals surface area contributed by atoms with Crippen molar-refractivity contribution in [3.8, 4) is 11.3 Å². The fraction of sp³-hybridized carbons (Fsp3) is 0.148. The third-order valence-electron chi connectivity index (χ3n) is 6.22. The average Bonchev–Trinajstić information content (AvgIpc) is 3.49. The van der Waals surface area contributed by atoms with Crippen molar-refractivity contribution in [2.75, 3.05) is 15.9 Å². The lowest BCUT2D eigenvalue weighted by molar-refractivity contribution is 0.0697. The van der Waals surface area contributed by atoms with Gasteiger partial charge in [-0.1, -0.05) is 24.3 Å². The Labute approximate surface area is 225 Å². The molecule has 1 saturated heterocycles. The summed E-state index contributed by atoms with van der Waals surface area (Å²) in [5.41, 5.74) is 3.26. The molecule has 0 saturated carbocycles. The van der Waals surface area contributed by atoms with Crippen LogP contribution < -0.4 is 14.9 Å². The number of carboxylic acid groups (broad SMARTS) is 1. The Balaban J connectivity index is 1.60. The topological polar surface area (TPSA) is 125 Å². The summed E-state index contributed by atoms with van der Waals surface area (Å²) >= 11 is 5.75. The summed E-state index contributed by atoms with van der Waals surface area (Å²) in [7, 11) is -3.44. The van der Waals surface area contributed by atoms with Crippen LogP contribution in [0.15, 0.2) is 83.4 Å². The van der Waals surface area contributed by atoms with Gasteiger partial charge < -0.3 is 19.7 Å². The molecule has 3 N–H and O–H groups in total. The lowest BCUT2D eigenvalue weighted by Gasteiger charge is -2.26. The van der Waals surface area contributed by atoms with Gasteiger partial charge in [0.05, 0.1) is 29.2 Å². The zero-order valence-corrected chi connectivity index (χ0v) is 22.1. The highest BCUT2D eigenvalue weighted by Gasteiger charge is 2.42. The summed E-state index contributed by atoms with van der Waals surface area (Å²) in [4.78, 5) is 18.2. The van der Waals surface area contributed by atoms with E-state index in [9.17, 15) is 18.3 Å². The molecule has 2 aromatic heterocycles. The van der Waals surface area contributed by atoms with Crippen molar-refractivity contribution in [2.24, 2.45) is 0 Å². The van der Waals surface area contributed by atoms with Crippen LogP contribution in [0.1, 0.15) is 39.5 Å². The minimum Gasteiger partial charge on any atom is -0.478 e. The monoisotopic (exact) mass is 548 g/mol. The number of aromatic nitrogens is 1. The quantitative estimate of drug-likeness (QED) is 0.277. The lowest BCUT2D eigenvalue weighted by Crippen LogP contribution is -2.29. The predicted octanol–water partition coefficient (Wildman–Crippen LogP) is 4.90. The molecular weight excluding hydrogens is 524 g/mol. The van der Waals surface area contributed by atoms with Gasteiger partial charge in [-0.05, 0) is 73.2 Å². The maximum atomic E-state index is 11.8. The molecule has 0 bridgehead atoms. The molecule has 11 heteroatoms. The number of anilines is 2. The van der Waals surface area contributed by atoms with Gasteiger partial charge in [0.2, 0.25) is 10.0 Å². The number of benzene rings is 2. The van der Waals surface area contributed by atoms with Gasteiger partial charge in [0.1, 0.15) is 17.6 Å². The number of carboxylic acids is 1.